The molecule has 2 aliphatic carbocycles. The number of benzene rings is 1. The van der Waals surface area contributed by atoms with E-state index >= 15 is 0 Å². The lowest BCUT2D eigenvalue weighted by Crippen LogP contribution is -2.28. The number of carbonyl (C=O) groups is 3. The predicted octanol–water partition coefficient (Wildman–Crippen LogP) is 1.36. The summed E-state index contributed by atoms with van der Waals surface area (Å²) in [6.45, 7) is -0.579. The van der Waals surface area contributed by atoms with Gasteiger partial charge in [0.05, 0.1) is 23.0 Å². The third kappa shape index (κ3) is 3.20. The highest BCUT2D eigenvalue weighted by molar-refractivity contribution is 9.10. The molecule has 3 aliphatic rings. The molecule has 2 bridgehead atoms. The highest BCUT2D eigenvalue weighted by Gasteiger charge is 2.59. The van der Waals surface area contributed by atoms with Gasteiger partial charge in [-0.15, -0.1) is 0 Å². The average molecular weight is 463 g/mol. The van der Waals surface area contributed by atoms with Crippen LogP contribution >= 0.6 is 15.9 Å². The Morgan fingerprint density at radius 1 is 1.31 bits per heavy atom. The first-order valence-electron chi connectivity index (χ1n) is 8.77. The van der Waals surface area contributed by atoms with Crippen molar-refractivity contribution in [2.24, 2.45) is 34.5 Å². The van der Waals surface area contributed by atoms with Crippen LogP contribution in [0.2, 0.25) is 0 Å². The third-order valence-corrected chi connectivity index (χ3v) is 5.84. The van der Waals surface area contributed by atoms with E-state index < -0.39 is 35.0 Å². The number of fused-ring (bicyclic) bond motifs is 5. The smallest absolute Gasteiger partial charge is 0.312 e. The summed E-state index contributed by atoms with van der Waals surface area (Å²) in [5.74, 6) is -2.53. The molecule has 1 aliphatic heterocycles. The first-order chi connectivity index (χ1) is 13.8. The Hall–Kier alpha value is -3.08. The number of hydrazone groups is 1. The quantitative estimate of drug-likeness (QED) is 0.222. The monoisotopic (exact) mass is 462 g/mol. The van der Waals surface area contributed by atoms with E-state index in [1.807, 2.05) is 12.2 Å². The lowest BCUT2D eigenvalue weighted by molar-refractivity contribution is -0.385. The summed E-state index contributed by atoms with van der Waals surface area (Å²) in [6, 6.07) is 2.66. The summed E-state index contributed by atoms with van der Waals surface area (Å²) in [5, 5.41) is 16.2. The maximum absolute atomic E-state index is 12.7. The first-order valence-corrected chi connectivity index (χ1v) is 9.56. The number of hydrogen-bond donors (Lipinski definition) is 1. The van der Waals surface area contributed by atoms with Gasteiger partial charge in [0, 0.05) is 16.1 Å². The Morgan fingerprint density at radius 3 is 2.48 bits per heavy atom. The van der Waals surface area contributed by atoms with Crippen LogP contribution in [0.25, 0.3) is 0 Å². The molecule has 29 heavy (non-hydrogen) atoms. The summed E-state index contributed by atoms with van der Waals surface area (Å²) < 4.78 is 5.56. The zero-order valence-electron chi connectivity index (χ0n) is 14.9. The molecular formula is C18H15BrN4O6. The Balaban J connectivity index is 1.66. The van der Waals surface area contributed by atoms with Gasteiger partial charge in [-0.25, -0.2) is 0 Å². The van der Waals surface area contributed by atoms with Crippen molar-refractivity contribution in [1.82, 2.24) is 5.01 Å². The SMILES string of the molecule is NC(=O)COc1c(C=NN2C(=O)C3C4C=CC(C4)C3C2=O)cc(Br)cc1[N+](=O)[O-]. The predicted molar refractivity (Wildman–Crippen MR) is 103 cm³/mol. The van der Waals surface area contributed by atoms with E-state index in [1.165, 1.54) is 12.1 Å². The molecule has 11 heteroatoms. The second kappa shape index (κ2) is 7.07. The number of rotatable bonds is 6. The molecule has 1 aromatic rings. The number of hydrogen-bond acceptors (Lipinski definition) is 7. The second-order valence-electron chi connectivity index (χ2n) is 7.09. The lowest BCUT2D eigenvalue weighted by Gasteiger charge is -2.13. The molecule has 1 saturated carbocycles. The van der Waals surface area contributed by atoms with E-state index in [-0.39, 0.29) is 35.0 Å². The maximum Gasteiger partial charge on any atom is 0.312 e. The molecule has 4 rings (SSSR count). The van der Waals surface area contributed by atoms with Gasteiger partial charge in [0.15, 0.2) is 6.61 Å². The van der Waals surface area contributed by atoms with Crippen LogP contribution in [0.5, 0.6) is 5.75 Å². The molecule has 10 nitrogen and oxygen atoms in total. The zero-order chi connectivity index (χ0) is 20.9. The van der Waals surface area contributed by atoms with Crippen LogP contribution in [0, 0.1) is 33.8 Å². The summed E-state index contributed by atoms with van der Waals surface area (Å²) in [4.78, 5) is 47.1. The van der Waals surface area contributed by atoms with E-state index in [0.717, 1.165) is 17.6 Å². The second-order valence-corrected chi connectivity index (χ2v) is 8.00. The van der Waals surface area contributed by atoms with Crippen molar-refractivity contribution in [3.63, 3.8) is 0 Å². The van der Waals surface area contributed by atoms with Gasteiger partial charge in [-0.3, -0.25) is 24.5 Å². The van der Waals surface area contributed by atoms with Gasteiger partial charge in [-0.05, 0) is 24.3 Å². The van der Waals surface area contributed by atoms with Crippen molar-refractivity contribution in [3.05, 3.63) is 44.4 Å². The molecule has 1 aromatic carbocycles. The van der Waals surface area contributed by atoms with Crippen molar-refractivity contribution < 1.29 is 24.0 Å². The average Bonchev–Trinajstić information content (AvgIpc) is 3.33. The normalized spacial score (nSPS) is 27.1. The van der Waals surface area contributed by atoms with Crippen molar-refractivity contribution in [2.75, 3.05) is 6.61 Å². The highest BCUT2D eigenvalue weighted by Crippen LogP contribution is 2.52. The number of nitro benzene ring substituents is 1. The summed E-state index contributed by atoms with van der Waals surface area (Å²) in [7, 11) is 0. The van der Waals surface area contributed by atoms with Gasteiger partial charge < -0.3 is 10.5 Å². The van der Waals surface area contributed by atoms with Gasteiger partial charge in [-0.1, -0.05) is 28.1 Å². The van der Waals surface area contributed by atoms with Crippen LogP contribution in [0.4, 0.5) is 5.69 Å². The van der Waals surface area contributed by atoms with Crippen LogP contribution in [-0.2, 0) is 14.4 Å². The molecule has 2 fully saturated rings. The van der Waals surface area contributed by atoms with Crippen molar-refractivity contribution >= 4 is 45.6 Å². The fourth-order valence-corrected chi connectivity index (χ4v) is 4.72. The first kappa shape index (κ1) is 19.2. The number of primary amides is 1. The molecular weight excluding hydrogens is 448 g/mol. The minimum Gasteiger partial charge on any atom is -0.476 e. The molecule has 0 spiro atoms. The molecule has 0 radical (unpaired) electrons. The Bertz CT molecular complexity index is 976. The van der Waals surface area contributed by atoms with E-state index in [2.05, 4.69) is 21.0 Å². The number of carbonyl (C=O) groups excluding carboxylic acids is 3. The van der Waals surface area contributed by atoms with Gasteiger partial charge in [-0.2, -0.15) is 10.1 Å². The van der Waals surface area contributed by atoms with Gasteiger partial charge in [0.2, 0.25) is 5.75 Å². The molecule has 150 valence electrons. The number of halogens is 1. The molecule has 4 atom stereocenters. The number of nitrogens with zero attached hydrogens (tertiary/aromatic N) is 3. The van der Waals surface area contributed by atoms with Crippen LogP contribution in [0.15, 0.2) is 33.9 Å². The fraction of sp³-hybridized carbons (Fsp3) is 0.333. The summed E-state index contributed by atoms with van der Waals surface area (Å²) in [5.41, 5.74) is 4.76. The summed E-state index contributed by atoms with van der Waals surface area (Å²) in [6.07, 6.45) is 5.88. The molecule has 2 N–H and O–H groups in total. The van der Waals surface area contributed by atoms with E-state index in [4.69, 9.17) is 10.5 Å². The van der Waals surface area contributed by atoms with E-state index in [1.54, 1.807) is 0 Å². The number of imide groups is 1. The van der Waals surface area contributed by atoms with Gasteiger partial charge in [0.1, 0.15) is 0 Å². The maximum atomic E-state index is 12.7. The van der Waals surface area contributed by atoms with Crippen LogP contribution in [-0.4, -0.2) is 40.5 Å². The van der Waals surface area contributed by atoms with Crippen molar-refractivity contribution in [1.29, 1.82) is 0 Å². The number of allylic oxidation sites excluding steroid dienone is 2. The number of ether oxygens (including phenoxy) is 1. The number of amides is 3. The third-order valence-electron chi connectivity index (χ3n) is 5.38. The van der Waals surface area contributed by atoms with E-state index in [0.29, 0.717) is 4.47 Å². The lowest BCUT2D eigenvalue weighted by atomic mass is 9.85. The molecule has 4 unspecified atom stereocenters. The van der Waals surface area contributed by atoms with Crippen molar-refractivity contribution in [2.45, 2.75) is 6.42 Å². The highest BCUT2D eigenvalue weighted by atomic mass is 79.9. The van der Waals surface area contributed by atoms with Crippen LogP contribution < -0.4 is 10.5 Å². The van der Waals surface area contributed by atoms with Crippen LogP contribution in [0.3, 0.4) is 0 Å². The number of nitro groups is 1. The minimum atomic E-state index is -0.814. The standard InChI is InChI=1S/C18H15BrN4O6/c19-11-4-10(16(29-7-13(20)24)12(5-11)23(27)28)6-21-22-17(25)14-8-1-2-9(3-8)15(14)18(22)26/h1-2,4-6,8-9,14-15H,3,7H2,(H2,20,24). The topological polar surface area (TPSA) is 145 Å². The molecule has 3 amide bonds. The van der Waals surface area contributed by atoms with Crippen molar-refractivity contribution in [3.8, 4) is 5.75 Å². The zero-order valence-corrected chi connectivity index (χ0v) is 16.4. The van der Waals surface area contributed by atoms with Gasteiger partial charge in [0.25, 0.3) is 17.7 Å². The Labute approximate surface area is 172 Å². The molecule has 1 saturated heterocycles. The van der Waals surface area contributed by atoms with Crippen LogP contribution in [0.1, 0.15) is 12.0 Å². The Morgan fingerprint density at radius 2 is 1.93 bits per heavy atom. The van der Waals surface area contributed by atoms with E-state index in [9.17, 15) is 24.5 Å². The minimum absolute atomic E-state index is 0.0445. The largest absolute Gasteiger partial charge is 0.476 e. The van der Waals surface area contributed by atoms with Gasteiger partial charge >= 0.3 is 5.69 Å². The summed E-state index contributed by atoms with van der Waals surface area (Å²) >= 11 is 3.17. The fourth-order valence-electron chi connectivity index (χ4n) is 4.25. The molecule has 1 heterocycles. The molecule has 0 aromatic heterocycles. The number of nitrogens with two attached hydrogens (primary N) is 1. The Kier molecular flexibility index (Phi) is 4.69.